The van der Waals surface area contributed by atoms with Crippen LogP contribution in [0.5, 0.6) is 0 Å². The van der Waals surface area contributed by atoms with Gasteiger partial charge in [-0.1, -0.05) is 36.4 Å². The van der Waals surface area contributed by atoms with Crippen LogP contribution in [0.3, 0.4) is 0 Å². The number of aromatic nitrogens is 2. The first-order valence-electron chi connectivity index (χ1n) is 11.0. The standard InChI is InChI=1S/C26H20N4O5S/c31-24(17-6-2-1-3-7-17)28-19-10-12-20(13-11-19)36(33,34)30-26-27-15-14-22(29-26)23-16-18-8-4-5-9-21(18)25(32)35-23/h1-15,23H,16H2,(H,28,31)(H,27,29,30)/t23-/m1/s1. The molecule has 5 rings (SSSR count). The van der Waals surface area contributed by atoms with Crippen LogP contribution in [-0.2, 0) is 21.2 Å². The number of cyclic esters (lactones) is 1. The minimum Gasteiger partial charge on any atom is -0.452 e. The predicted molar refractivity (Wildman–Crippen MR) is 132 cm³/mol. The molecule has 0 bridgehead atoms. The maximum Gasteiger partial charge on any atom is 0.339 e. The maximum atomic E-state index is 12.9. The van der Waals surface area contributed by atoms with Gasteiger partial charge in [-0.3, -0.25) is 4.79 Å². The summed E-state index contributed by atoms with van der Waals surface area (Å²) in [5, 5.41) is 2.72. The smallest absolute Gasteiger partial charge is 0.339 e. The van der Waals surface area contributed by atoms with E-state index in [2.05, 4.69) is 20.0 Å². The number of ether oxygens (including phenoxy) is 1. The number of hydrogen-bond donors (Lipinski definition) is 2. The third kappa shape index (κ3) is 4.93. The first kappa shape index (κ1) is 23.2. The summed E-state index contributed by atoms with van der Waals surface area (Å²) >= 11 is 0. The van der Waals surface area contributed by atoms with E-state index < -0.39 is 22.1 Å². The molecule has 1 aliphatic heterocycles. The van der Waals surface area contributed by atoms with Gasteiger partial charge in [0.25, 0.3) is 15.9 Å². The van der Waals surface area contributed by atoms with Crippen molar-refractivity contribution >= 4 is 33.5 Å². The molecule has 0 spiro atoms. The van der Waals surface area contributed by atoms with E-state index in [1.165, 1.54) is 30.5 Å². The molecule has 2 heterocycles. The number of anilines is 2. The molecule has 36 heavy (non-hydrogen) atoms. The highest BCUT2D eigenvalue weighted by molar-refractivity contribution is 7.92. The third-order valence-electron chi connectivity index (χ3n) is 5.58. The number of sulfonamides is 1. The van der Waals surface area contributed by atoms with Crippen LogP contribution in [0.25, 0.3) is 0 Å². The Kier molecular flexibility index (Phi) is 6.17. The van der Waals surface area contributed by atoms with Gasteiger partial charge < -0.3 is 10.1 Å². The topological polar surface area (TPSA) is 127 Å². The average Bonchev–Trinajstić information content (AvgIpc) is 2.89. The Morgan fingerprint density at radius 3 is 2.42 bits per heavy atom. The van der Waals surface area contributed by atoms with Gasteiger partial charge in [0.05, 0.1) is 16.2 Å². The van der Waals surface area contributed by atoms with E-state index in [1.807, 2.05) is 18.2 Å². The number of rotatable bonds is 6. The molecule has 1 amide bonds. The molecule has 180 valence electrons. The largest absolute Gasteiger partial charge is 0.452 e. The van der Waals surface area contributed by atoms with Crippen molar-refractivity contribution in [1.29, 1.82) is 0 Å². The van der Waals surface area contributed by atoms with E-state index in [0.29, 0.717) is 28.9 Å². The number of esters is 1. The lowest BCUT2D eigenvalue weighted by atomic mass is 9.97. The summed E-state index contributed by atoms with van der Waals surface area (Å²) in [7, 11) is -4.01. The van der Waals surface area contributed by atoms with Crippen LogP contribution < -0.4 is 10.0 Å². The summed E-state index contributed by atoms with van der Waals surface area (Å²) in [5.41, 5.74) is 2.65. The highest BCUT2D eigenvalue weighted by Crippen LogP contribution is 2.30. The average molecular weight is 501 g/mol. The van der Waals surface area contributed by atoms with Crippen molar-refractivity contribution < 1.29 is 22.7 Å². The highest BCUT2D eigenvalue weighted by atomic mass is 32.2. The molecule has 1 aromatic heterocycles. The fourth-order valence-corrected chi connectivity index (χ4v) is 4.74. The van der Waals surface area contributed by atoms with Crippen molar-refractivity contribution in [3.05, 3.63) is 114 Å². The molecular formula is C26H20N4O5S. The molecule has 10 heteroatoms. The second kappa shape index (κ2) is 9.59. The lowest BCUT2D eigenvalue weighted by Crippen LogP contribution is -2.23. The van der Waals surface area contributed by atoms with Crippen molar-refractivity contribution in [2.45, 2.75) is 17.4 Å². The van der Waals surface area contributed by atoms with Gasteiger partial charge in [-0.05, 0) is 54.1 Å². The third-order valence-corrected chi connectivity index (χ3v) is 6.93. The molecule has 2 N–H and O–H groups in total. The summed E-state index contributed by atoms with van der Waals surface area (Å²) in [6, 6.07) is 23.1. The van der Waals surface area contributed by atoms with Gasteiger partial charge in [-0.15, -0.1) is 0 Å². The summed E-state index contributed by atoms with van der Waals surface area (Å²) in [6.07, 6.45) is 1.16. The first-order valence-corrected chi connectivity index (χ1v) is 12.5. The van der Waals surface area contributed by atoms with Crippen molar-refractivity contribution in [3.63, 3.8) is 0 Å². The molecule has 0 saturated carbocycles. The number of nitrogens with one attached hydrogen (secondary N) is 2. The number of hydrogen-bond acceptors (Lipinski definition) is 7. The van der Waals surface area contributed by atoms with Gasteiger partial charge in [0, 0.05) is 23.9 Å². The number of carbonyl (C=O) groups is 2. The fraction of sp³-hybridized carbons (Fsp3) is 0.0769. The molecular weight excluding hydrogens is 480 g/mol. The van der Waals surface area contributed by atoms with E-state index in [0.717, 1.165) is 5.56 Å². The molecule has 1 atom stereocenters. The second-order valence-corrected chi connectivity index (χ2v) is 9.69. The predicted octanol–water partition coefficient (Wildman–Crippen LogP) is 3.98. The van der Waals surface area contributed by atoms with Gasteiger partial charge in [-0.25, -0.2) is 27.9 Å². The summed E-state index contributed by atoms with van der Waals surface area (Å²) in [6.45, 7) is 0. The molecule has 9 nitrogen and oxygen atoms in total. The summed E-state index contributed by atoms with van der Waals surface area (Å²) in [5.74, 6) is -0.911. The highest BCUT2D eigenvalue weighted by Gasteiger charge is 2.28. The van der Waals surface area contributed by atoms with E-state index in [9.17, 15) is 18.0 Å². The van der Waals surface area contributed by atoms with Crippen LogP contribution in [0.1, 0.15) is 38.1 Å². The van der Waals surface area contributed by atoms with Crippen LogP contribution in [0, 0.1) is 0 Å². The Morgan fingerprint density at radius 1 is 0.917 bits per heavy atom. The van der Waals surface area contributed by atoms with Gasteiger partial charge in [-0.2, -0.15) is 0 Å². The van der Waals surface area contributed by atoms with Crippen molar-refractivity contribution in [2.24, 2.45) is 0 Å². The Balaban J connectivity index is 1.29. The minimum atomic E-state index is -4.01. The van der Waals surface area contributed by atoms with Crippen LogP contribution in [0.15, 0.2) is 96.0 Å². The lowest BCUT2D eigenvalue weighted by Gasteiger charge is -2.24. The Morgan fingerprint density at radius 2 is 1.64 bits per heavy atom. The van der Waals surface area contributed by atoms with Gasteiger partial charge >= 0.3 is 5.97 Å². The van der Waals surface area contributed by atoms with Crippen LogP contribution in [0.2, 0.25) is 0 Å². The van der Waals surface area contributed by atoms with Gasteiger partial charge in [0.2, 0.25) is 5.95 Å². The fourth-order valence-electron chi connectivity index (χ4n) is 3.79. The monoisotopic (exact) mass is 500 g/mol. The SMILES string of the molecule is O=C(Nc1ccc(S(=O)(=O)Nc2nccc([C@H]3Cc4ccccc4C(=O)O3)n2)cc1)c1ccccc1. The van der Waals surface area contributed by atoms with Gasteiger partial charge in [0.1, 0.15) is 6.10 Å². The van der Waals surface area contributed by atoms with Crippen molar-refractivity contribution in [2.75, 3.05) is 10.0 Å². The molecule has 0 radical (unpaired) electrons. The molecule has 0 saturated heterocycles. The summed E-state index contributed by atoms with van der Waals surface area (Å²) in [4.78, 5) is 32.9. The van der Waals surface area contributed by atoms with Crippen LogP contribution >= 0.6 is 0 Å². The molecule has 3 aromatic carbocycles. The number of nitrogens with zero attached hydrogens (tertiary/aromatic N) is 2. The number of fused-ring (bicyclic) bond motifs is 1. The molecule has 0 unspecified atom stereocenters. The van der Waals surface area contributed by atoms with E-state index in [4.69, 9.17) is 4.74 Å². The number of benzene rings is 3. The zero-order chi connectivity index (χ0) is 25.1. The van der Waals surface area contributed by atoms with E-state index in [-0.39, 0.29) is 16.8 Å². The molecule has 0 aliphatic carbocycles. The van der Waals surface area contributed by atoms with Crippen molar-refractivity contribution in [1.82, 2.24) is 9.97 Å². The van der Waals surface area contributed by atoms with Crippen LogP contribution in [-0.4, -0.2) is 30.3 Å². The van der Waals surface area contributed by atoms with Gasteiger partial charge in [0.15, 0.2) is 0 Å². The van der Waals surface area contributed by atoms with E-state index >= 15 is 0 Å². The Bertz CT molecular complexity index is 1540. The Hall–Kier alpha value is -4.57. The maximum absolute atomic E-state index is 12.9. The quantitative estimate of drug-likeness (QED) is 0.383. The molecule has 1 aliphatic rings. The zero-order valence-electron chi connectivity index (χ0n) is 18.8. The first-order chi connectivity index (χ1) is 17.4. The van der Waals surface area contributed by atoms with Crippen molar-refractivity contribution in [3.8, 4) is 0 Å². The molecule has 4 aromatic rings. The lowest BCUT2D eigenvalue weighted by molar-refractivity contribution is 0.0242. The normalized spacial score (nSPS) is 14.9. The summed E-state index contributed by atoms with van der Waals surface area (Å²) < 4.78 is 33.6. The number of amides is 1. The minimum absolute atomic E-state index is 0.0350. The van der Waals surface area contributed by atoms with E-state index in [1.54, 1.807) is 42.5 Å². The van der Waals surface area contributed by atoms with Crippen LogP contribution in [0.4, 0.5) is 11.6 Å². The molecule has 0 fully saturated rings. The Labute approximate surface area is 207 Å². The second-order valence-electron chi connectivity index (χ2n) is 8.01. The number of carbonyl (C=O) groups excluding carboxylic acids is 2. The zero-order valence-corrected chi connectivity index (χ0v) is 19.6.